The molecule has 0 amide bonds. The molecule has 2 aliphatic heterocycles. The summed E-state index contributed by atoms with van der Waals surface area (Å²) in [5, 5.41) is 11.5. The molecule has 132 valence electrons. The van der Waals surface area contributed by atoms with Gasteiger partial charge in [-0.15, -0.1) is 0 Å². The first-order valence-electron chi connectivity index (χ1n) is 8.64. The third kappa shape index (κ3) is 3.79. The molecule has 1 unspecified atom stereocenters. The topological polar surface area (TPSA) is 68.1 Å². The average molecular weight is 335 g/mol. The number of hydrogen-bond acceptors (Lipinski definition) is 6. The third-order valence-corrected chi connectivity index (χ3v) is 4.71. The van der Waals surface area contributed by atoms with Gasteiger partial charge in [-0.25, -0.2) is 0 Å². The highest BCUT2D eigenvalue weighted by Crippen LogP contribution is 2.39. The van der Waals surface area contributed by atoms with E-state index in [4.69, 9.17) is 9.47 Å². The van der Waals surface area contributed by atoms with Crippen molar-refractivity contribution >= 4 is 11.4 Å². The van der Waals surface area contributed by atoms with Crippen LogP contribution in [0.4, 0.5) is 11.4 Å². The molecule has 24 heavy (non-hydrogen) atoms. The van der Waals surface area contributed by atoms with Gasteiger partial charge in [0, 0.05) is 32.7 Å². The van der Waals surface area contributed by atoms with Crippen molar-refractivity contribution in [3.8, 4) is 5.75 Å². The van der Waals surface area contributed by atoms with E-state index in [1.807, 2.05) is 19.1 Å². The van der Waals surface area contributed by atoms with Crippen LogP contribution in [0.15, 0.2) is 18.2 Å². The van der Waals surface area contributed by atoms with Crippen LogP contribution in [0.5, 0.6) is 5.75 Å². The molecule has 0 spiro atoms. The van der Waals surface area contributed by atoms with Gasteiger partial charge in [-0.05, 0) is 31.4 Å². The minimum Gasteiger partial charge on any atom is -0.487 e. The van der Waals surface area contributed by atoms with Crippen molar-refractivity contribution in [3.63, 3.8) is 0 Å². The van der Waals surface area contributed by atoms with Crippen LogP contribution >= 0.6 is 0 Å². The molecule has 0 saturated carbocycles. The lowest BCUT2D eigenvalue weighted by Crippen LogP contribution is -2.39. The Labute approximate surface area is 142 Å². The average Bonchev–Trinajstić information content (AvgIpc) is 3.04. The molecule has 0 bridgehead atoms. The minimum atomic E-state index is -0.324. The number of ether oxygens (including phenoxy) is 2. The first-order valence-corrected chi connectivity index (χ1v) is 8.64. The van der Waals surface area contributed by atoms with Crippen molar-refractivity contribution < 1.29 is 14.4 Å². The molecule has 3 rings (SSSR count). The Balaban J connectivity index is 1.70. The summed E-state index contributed by atoms with van der Waals surface area (Å²) >= 11 is 0. The number of nitro benzene ring substituents is 1. The smallest absolute Gasteiger partial charge is 0.333 e. The lowest BCUT2D eigenvalue weighted by Gasteiger charge is -2.29. The molecule has 2 heterocycles. The Kier molecular flexibility index (Phi) is 5.52. The predicted molar refractivity (Wildman–Crippen MR) is 91.8 cm³/mol. The van der Waals surface area contributed by atoms with Crippen LogP contribution in [0.1, 0.15) is 13.3 Å². The van der Waals surface area contributed by atoms with Gasteiger partial charge < -0.3 is 14.4 Å². The molecule has 2 saturated heterocycles. The van der Waals surface area contributed by atoms with E-state index in [1.54, 1.807) is 6.07 Å². The highest BCUT2D eigenvalue weighted by molar-refractivity contribution is 5.70. The Hall–Kier alpha value is -1.86. The summed E-state index contributed by atoms with van der Waals surface area (Å²) in [5.74, 6) is 0.898. The zero-order valence-corrected chi connectivity index (χ0v) is 14.1. The van der Waals surface area contributed by atoms with Crippen LogP contribution < -0.4 is 9.64 Å². The number of anilines is 1. The summed E-state index contributed by atoms with van der Waals surface area (Å²) < 4.78 is 10.8. The van der Waals surface area contributed by atoms with Crippen molar-refractivity contribution in [1.29, 1.82) is 0 Å². The van der Waals surface area contributed by atoms with E-state index in [0.29, 0.717) is 24.0 Å². The Morgan fingerprint density at radius 1 is 1.33 bits per heavy atom. The van der Waals surface area contributed by atoms with Crippen LogP contribution in [-0.4, -0.2) is 62.4 Å². The number of nitro groups is 1. The van der Waals surface area contributed by atoms with Crippen LogP contribution in [0.3, 0.4) is 0 Å². The second-order valence-electron chi connectivity index (χ2n) is 6.33. The highest BCUT2D eigenvalue weighted by atomic mass is 16.6. The van der Waals surface area contributed by atoms with Gasteiger partial charge in [0.15, 0.2) is 5.75 Å². The SMILES string of the molecule is CCOc1cccc(N2CCC(CN3CCOCC3)C2)c1[N+](=O)[O-]. The van der Waals surface area contributed by atoms with Gasteiger partial charge in [0.05, 0.1) is 24.7 Å². The Morgan fingerprint density at radius 2 is 2.12 bits per heavy atom. The van der Waals surface area contributed by atoms with Crippen LogP contribution in [0.2, 0.25) is 0 Å². The molecule has 0 radical (unpaired) electrons. The predicted octanol–water partition coefficient (Wildman–Crippen LogP) is 2.15. The van der Waals surface area contributed by atoms with E-state index in [1.165, 1.54) is 0 Å². The summed E-state index contributed by atoms with van der Waals surface area (Å²) in [6.45, 7) is 8.58. The van der Waals surface area contributed by atoms with Gasteiger partial charge in [0.1, 0.15) is 5.69 Å². The number of benzene rings is 1. The summed E-state index contributed by atoms with van der Waals surface area (Å²) in [4.78, 5) is 15.8. The number of nitrogens with zero attached hydrogens (tertiary/aromatic N) is 3. The summed E-state index contributed by atoms with van der Waals surface area (Å²) in [5.41, 5.74) is 0.766. The number of hydrogen-bond donors (Lipinski definition) is 0. The number of rotatable bonds is 6. The molecular weight excluding hydrogens is 310 g/mol. The molecule has 1 atom stereocenters. The Morgan fingerprint density at radius 3 is 2.83 bits per heavy atom. The van der Waals surface area contributed by atoms with Gasteiger partial charge in [0.2, 0.25) is 0 Å². The largest absolute Gasteiger partial charge is 0.487 e. The van der Waals surface area contributed by atoms with E-state index < -0.39 is 0 Å². The van der Waals surface area contributed by atoms with Crippen molar-refractivity contribution in [2.24, 2.45) is 5.92 Å². The van der Waals surface area contributed by atoms with Gasteiger partial charge in [0.25, 0.3) is 0 Å². The van der Waals surface area contributed by atoms with Crippen LogP contribution in [-0.2, 0) is 4.74 Å². The minimum absolute atomic E-state index is 0.0892. The molecule has 2 fully saturated rings. The lowest BCUT2D eigenvalue weighted by molar-refractivity contribution is -0.385. The maximum absolute atomic E-state index is 11.5. The molecular formula is C17H25N3O4. The van der Waals surface area contributed by atoms with E-state index in [0.717, 1.165) is 52.4 Å². The molecule has 0 aliphatic carbocycles. The van der Waals surface area contributed by atoms with Crippen LogP contribution in [0, 0.1) is 16.0 Å². The maximum atomic E-state index is 11.5. The quantitative estimate of drug-likeness (QED) is 0.586. The fourth-order valence-corrected chi connectivity index (χ4v) is 3.57. The standard InChI is InChI=1S/C17H25N3O4/c1-2-24-16-5-3-4-15(17(16)20(21)22)19-7-6-14(13-19)12-18-8-10-23-11-9-18/h3-5,14H,2,6-13H2,1H3. The normalized spacial score (nSPS) is 21.9. The zero-order chi connectivity index (χ0) is 16.9. The van der Waals surface area contributed by atoms with Crippen molar-refractivity contribution in [2.75, 3.05) is 57.4 Å². The second kappa shape index (κ2) is 7.81. The molecule has 1 aromatic rings. The first-order chi connectivity index (χ1) is 11.7. The van der Waals surface area contributed by atoms with Crippen LogP contribution in [0.25, 0.3) is 0 Å². The fourth-order valence-electron chi connectivity index (χ4n) is 3.57. The highest BCUT2D eigenvalue weighted by Gasteiger charge is 2.31. The molecule has 7 nitrogen and oxygen atoms in total. The van der Waals surface area contributed by atoms with Gasteiger partial charge >= 0.3 is 5.69 Å². The van der Waals surface area contributed by atoms with Gasteiger partial charge in [-0.3, -0.25) is 15.0 Å². The lowest BCUT2D eigenvalue weighted by atomic mass is 10.1. The first kappa shape index (κ1) is 17.0. The molecule has 0 N–H and O–H groups in total. The monoisotopic (exact) mass is 335 g/mol. The second-order valence-corrected chi connectivity index (χ2v) is 6.33. The van der Waals surface area contributed by atoms with Gasteiger partial charge in [-0.1, -0.05) is 6.07 Å². The number of para-hydroxylation sites is 1. The zero-order valence-electron chi connectivity index (χ0n) is 14.1. The molecule has 0 aromatic heterocycles. The van der Waals surface area contributed by atoms with Crippen molar-refractivity contribution in [2.45, 2.75) is 13.3 Å². The van der Waals surface area contributed by atoms with E-state index >= 15 is 0 Å². The van der Waals surface area contributed by atoms with E-state index in [9.17, 15) is 10.1 Å². The van der Waals surface area contributed by atoms with E-state index in [2.05, 4.69) is 9.80 Å². The molecule has 7 heteroatoms. The summed E-state index contributed by atoms with van der Waals surface area (Å²) in [6, 6.07) is 5.34. The molecule has 2 aliphatic rings. The summed E-state index contributed by atoms with van der Waals surface area (Å²) in [7, 11) is 0. The maximum Gasteiger partial charge on any atom is 0.333 e. The Bertz CT molecular complexity index is 575. The third-order valence-electron chi connectivity index (χ3n) is 4.71. The molecule has 1 aromatic carbocycles. The van der Waals surface area contributed by atoms with E-state index in [-0.39, 0.29) is 10.6 Å². The van der Waals surface area contributed by atoms with Crippen molar-refractivity contribution in [1.82, 2.24) is 4.90 Å². The van der Waals surface area contributed by atoms with Gasteiger partial charge in [-0.2, -0.15) is 0 Å². The number of morpholine rings is 1. The van der Waals surface area contributed by atoms with Crippen molar-refractivity contribution in [3.05, 3.63) is 28.3 Å². The summed E-state index contributed by atoms with van der Waals surface area (Å²) in [6.07, 6.45) is 1.06. The fraction of sp³-hybridized carbons (Fsp3) is 0.647.